The maximum absolute atomic E-state index is 13.6. The fourth-order valence-corrected chi connectivity index (χ4v) is 3.94. The van der Waals surface area contributed by atoms with Gasteiger partial charge < -0.3 is 20.5 Å². The Bertz CT molecular complexity index is 1350. The maximum atomic E-state index is 13.6. The predicted octanol–water partition coefficient (Wildman–Crippen LogP) is 3.32. The maximum Gasteiger partial charge on any atom is 0.258 e. The quantitative estimate of drug-likeness (QED) is 0.419. The van der Waals surface area contributed by atoms with E-state index < -0.39 is 11.4 Å². The molecule has 0 aliphatic carbocycles. The summed E-state index contributed by atoms with van der Waals surface area (Å²) in [4.78, 5) is 41.3. The second-order valence-electron chi connectivity index (χ2n) is 7.96. The van der Waals surface area contributed by atoms with E-state index in [2.05, 4.69) is 20.7 Å². The van der Waals surface area contributed by atoms with E-state index in [0.29, 0.717) is 41.7 Å². The highest BCUT2D eigenvalue weighted by atomic mass is 19.1. The van der Waals surface area contributed by atoms with E-state index in [1.807, 2.05) is 0 Å². The summed E-state index contributed by atoms with van der Waals surface area (Å²) in [5, 5.41) is 9.49. The first-order chi connectivity index (χ1) is 16.4. The molecule has 9 nitrogen and oxygen atoms in total. The van der Waals surface area contributed by atoms with Gasteiger partial charge in [0.2, 0.25) is 5.91 Å². The van der Waals surface area contributed by atoms with Crippen molar-refractivity contribution >= 4 is 34.1 Å². The molecule has 0 spiro atoms. The smallest absolute Gasteiger partial charge is 0.258 e. The monoisotopic (exact) mass is 462 g/mol. The Balaban J connectivity index is 1.48. The average Bonchev–Trinajstić information content (AvgIpc) is 3.34. The average molecular weight is 462 g/mol. The van der Waals surface area contributed by atoms with E-state index in [9.17, 15) is 18.8 Å². The number of carbonyl (C=O) groups excluding carboxylic acids is 2. The molecule has 1 aromatic heterocycles. The van der Waals surface area contributed by atoms with Crippen LogP contribution in [0.15, 0.2) is 64.6 Å². The minimum Gasteiger partial charge on any atom is -0.360 e. The van der Waals surface area contributed by atoms with Gasteiger partial charge in [-0.05, 0) is 55.0 Å². The first-order valence-electron chi connectivity index (χ1n) is 10.7. The van der Waals surface area contributed by atoms with Gasteiger partial charge in [-0.15, -0.1) is 0 Å². The van der Waals surface area contributed by atoms with Gasteiger partial charge in [0.25, 0.3) is 11.5 Å². The van der Waals surface area contributed by atoms with Gasteiger partial charge in [0, 0.05) is 48.5 Å². The van der Waals surface area contributed by atoms with Crippen LogP contribution in [0.4, 0.5) is 10.1 Å². The zero-order chi connectivity index (χ0) is 24.2. The summed E-state index contributed by atoms with van der Waals surface area (Å²) >= 11 is 0. The normalized spacial score (nSPS) is 15.9. The highest BCUT2D eigenvalue weighted by Gasteiger charge is 2.30. The number of nitrogens with one attached hydrogen (secondary N) is 4. The number of rotatable bonds is 6. The van der Waals surface area contributed by atoms with Crippen LogP contribution >= 0.6 is 0 Å². The molecular weight excluding hydrogens is 439 g/mol. The number of nitrogens with zero attached hydrogens (tertiary/aromatic N) is 2. The molecule has 2 heterocycles. The Hall–Kier alpha value is -4.34. The minimum atomic E-state index is -0.454. The van der Waals surface area contributed by atoms with Gasteiger partial charge in [-0.25, -0.2) is 9.92 Å². The van der Waals surface area contributed by atoms with Gasteiger partial charge >= 0.3 is 0 Å². The molecule has 1 aliphatic rings. The van der Waals surface area contributed by atoms with Crippen molar-refractivity contribution in [2.75, 3.05) is 25.5 Å². The zero-order valence-corrected chi connectivity index (χ0v) is 18.4. The number of aromatic nitrogens is 1. The number of H-pyrrole nitrogens is 1. The van der Waals surface area contributed by atoms with E-state index in [4.69, 9.17) is 5.53 Å². The van der Waals surface area contributed by atoms with Crippen molar-refractivity contribution in [1.82, 2.24) is 15.2 Å². The number of anilines is 1. The lowest BCUT2D eigenvalue weighted by Gasteiger charge is -2.16. The van der Waals surface area contributed by atoms with Gasteiger partial charge in [0.15, 0.2) is 0 Å². The number of hydrogen-bond acceptors (Lipinski definition) is 6. The van der Waals surface area contributed by atoms with Crippen LogP contribution in [0.25, 0.3) is 16.6 Å². The molecular formula is C24H23FN6O3. The molecule has 4 N–H and O–H groups in total. The van der Waals surface area contributed by atoms with Crippen molar-refractivity contribution < 1.29 is 14.0 Å². The molecule has 174 valence electrons. The van der Waals surface area contributed by atoms with Gasteiger partial charge in [0.05, 0.1) is 11.5 Å². The highest BCUT2D eigenvalue weighted by Crippen LogP contribution is 2.21. The Morgan fingerprint density at radius 3 is 2.68 bits per heavy atom. The number of benzene rings is 2. The molecule has 2 amide bonds. The topological polar surface area (TPSA) is 131 Å². The molecule has 1 saturated heterocycles. The second kappa shape index (κ2) is 9.65. The lowest BCUT2D eigenvalue weighted by atomic mass is 10.1. The fraction of sp³-hybridized carbons (Fsp3) is 0.208. The van der Waals surface area contributed by atoms with Crippen molar-refractivity contribution in [3.8, 4) is 0 Å². The van der Waals surface area contributed by atoms with Gasteiger partial charge in [-0.3, -0.25) is 14.4 Å². The zero-order valence-electron chi connectivity index (χ0n) is 18.4. The highest BCUT2D eigenvalue weighted by molar-refractivity contribution is 5.95. The van der Waals surface area contributed by atoms with Crippen LogP contribution in [-0.2, 0) is 4.79 Å². The molecule has 4 rings (SSSR count). The van der Waals surface area contributed by atoms with Crippen molar-refractivity contribution in [2.24, 2.45) is 11.0 Å². The first-order valence-corrected chi connectivity index (χ1v) is 10.7. The van der Waals surface area contributed by atoms with Gasteiger partial charge in [0.1, 0.15) is 11.5 Å². The SMILES string of the molecule is CNC(=O)[C@H]1CCN(C(=O)c2ccc(N/C=C(\N=N)c3cc4cc(F)ccc4[nH]c3=O)cc2)C1. The minimum absolute atomic E-state index is 0.0601. The van der Waals surface area contributed by atoms with Crippen molar-refractivity contribution in [3.05, 3.63) is 82.0 Å². The van der Waals surface area contributed by atoms with E-state index >= 15 is 0 Å². The summed E-state index contributed by atoms with van der Waals surface area (Å²) in [5.74, 6) is -0.843. The third-order valence-corrected chi connectivity index (χ3v) is 5.80. The van der Waals surface area contributed by atoms with Crippen LogP contribution in [0.5, 0.6) is 0 Å². The molecule has 34 heavy (non-hydrogen) atoms. The summed E-state index contributed by atoms with van der Waals surface area (Å²) in [7, 11) is 1.59. The van der Waals surface area contributed by atoms with Gasteiger partial charge in [-0.2, -0.15) is 5.11 Å². The Morgan fingerprint density at radius 1 is 1.21 bits per heavy atom. The van der Waals surface area contributed by atoms with Crippen LogP contribution in [0, 0.1) is 17.3 Å². The molecule has 1 aliphatic heterocycles. The van der Waals surface area contributed by atoms with Crippen LogP contribution in [0.2, 0.25) is 0 Å². The van der Waals surface area contributed by atoms with Gasteiger partial charge in [-0.1, -0.05) is 0 Å². The molecule has 0 bridgehead atoms. The molecule has 0 unspecified atom stereocenters. The van der Waals surface area contributed by atoms with Crippen LogP contribution in [-0.4, -0.2) is 41.8 Å². The predicted molar refractivity (Wildman–Crippen MR) is 126 cm³/mol. The van der Waals surface area contributed by atoms with Crippen molar-refractivity contribution in [3.63, 3.8) is 0 Å². The number of carbonyl (C=O) groups is 2. The molecule has 2 aromatic carbocycles. The molecule has 1 atom stereocenters. The summed E-state index contributed by atoms with van der Waals surface area (Å²) in [6.45, 7) is 0.915. The van der Waals surface area contributed by atoms with Crippen molar-refractivity contribution in [1.29, 1.82) is 5.53 Å². The molecule has 3 aromatic rings. The van der Waals surface area contributed by atoms with Crippen molar-refractivity contribution in [2.45, 2.75) is 6.42 Å². The number of aromatic amines is 1. The van der Waals surface area contributed by atoms with Crippen LogP contribution in [0.3, 0.4) is 0 Å². The summed E-state index contributed by atoms with van der Waals surface area (Å²) in [6, 6.07) is 12.2. The Kier molecular flexibility index (Phi) is 6.48. The Morgan fingerprint density at radius 2 is 1.97 bits per heavy atom. The summed E-state index contributed by atoms with van der Waals surface area (Å²) in [5.41, 5.74) is 8.78. The number of likely N-dealkylation sites (tertiary alicyclic amines) is 1. The first kappa shape index (κ1) is 22.8. The third kappa shape index (κ3) is 4.70. The standard InChI is InChI=1S/C24H23FN6O3/c1-27-22(32)15-8-9-31(13-15)24(34)14-2-5-18(6-3-14)28-12-21(30-26)19-11-16-10-17(25)4-7-20(16)29-23(19)33/h2-7,10-12,15,26,28H,8-9,13H2,1H3,(H,27,32)(H,29,33)/b21-12-,30-26?/t15-/m0/s1. The lowest BCUT2D eigenvalue weighted by molar-refractivity contribution is -0.124. The number of hydrogen-bond donors (Lipinski definition) is 4. The molecule has 1 fully saturated rings. The Labute approximate surface area is 194 Å². The number of halogens is 1. The fourth-order valence-electron chi connectivity index (χ4n) is 3.94. The van der Waals surface area contributed by atoms with E-state index in [1.54, 1.807) is 36.2 Å². The molecule has 10 heteroatoms. The van der Waals surface area contributed by atoms with E-state index in [-0.39, 0.29) is 29.0 Å². The van der Waals surface area contributed by atoms with Crippen LogP contribution in [0.1, 0.15) is 22.3 Å². The van der Waals surface area contributed by atoms with E-state index in [1.165, 1.54) is 30.5 Å². The number of amides is 2. The number of fused-ring (bicyclic) bond motifs is 1. The largest absolute Gasteiger partial charge is 0.360 e. The summed E-state index contributed by atoms with van der Waals surface area (Å²) < 4.78 is 13.6. The summed E-state index contributed by atoms with van der Waals surface area (Å²) in [6.07, 6.45) is 2.03. The van der Waals surface area contributed by atoms with E-state index in [0.717, 1.165) is 0 Å². The molecule has 0 saturated carbocycles. The lowest BCUT2D eigenvalue weighted by Crippen LogP contribution is -2.33. The molecule has 0 radical (unpaired) electrons. The third-order valence-electron chi connectivity index (χ3n) is 5.80. The number of pyridine rings is 1. The second-order valence-corrected chi connectivity index (χ2v) is 7.96. The van der Waals surface area contributed by atoms with Crippen LogP contribution < -0.4 is 16.2 Å².